The molecule has 0 aliphatic carbocycles. The normalized spacial score (nSPS) is 18.5. The van der Waals surface area contributed by atoms with Gasteiger partial charge in [0, 0.05) is 20.1 Å². The van der Waals surface area contributed by atoms with Gasteiger partial charge in [-0.05, 0) is 37.5 Å². The average molecular weight is 294 g/mol. The molecule has 1 amide bonds. The van der Waals surface area contributed by atoms with Crippen LogP contribution in [0.3, 0.4) is 0 Å². The topological polar surface area (TPSA) is 43.8 Å². The second-order valence-corrected chi connectivity index (χ2v) is 5.74. The highest BCUT2D eigenvalue weighted by atomic mass is 19.1. The molecule has 116 valence electrons. The van der Waals surface area contributed by atoms with Crippen LogP contribution in [0.5, 0.6) is 0 Å². The van der Waals surface area contributed by atoms with E-state index in [1.54, 1.807) is 24.1 Å². The van der Waals surface area contributed by atoms with E-state index in [-0.39, 0.29) is 23.9 Å². The number of rotatable bonds is 4. The molecule has 1 saturated heterocycles. The standard InChI is InChI=1S/C16H23FN2O2/c1-12(13-3-5-14(17)6-4-13)18(2)16(21)11-19-9-7-15(20)8-10-19/h3-6,12,15,20H,7-11H2,1-2H3. The monoisotopic (exact) mass is 294 g/mol. The summed E-state index contributed by atoms with van der Waals surface area (Å²) in [5.74, 6) is -0.227. The zero-order valence-electron chi connectivity index (χ0n) is 12.6. The van der Waals surface area contributed by atoms with Gasteiger partial charge in [0.05, 0.1) is 18.7 Å². The molecular formula is C16H23FN2O2. The van der Waals surface area contributed by atoms with E-state index < -0.39 is 0 Å². The second-order valence-electron chi connectivity index (χ2n) is 5.74. The summed E-state index contributed by atoms with van der Waals surface area (Å²) >= 11 is 0. The van der Waals surface area contributed by atoms with Gasteiger partial charge in [0.2, 0.25) is 5.91 Å². The second kappa shape index (κ2) is 7.00. The zero-order chi connectivity index (χ0) is 15.4. The number of carbonyl (C=O) groups is 1. The molecule has 21 heavy (non-hydrogen) atoms. The van der Waals surface area contributed by atoms with Gasteiger partial charge >= 0.3 is 0 Å². The van der Waals surface area contributed by atoms with Crippen molar-refractivity contribution in [2.75, 3.05) is 26.7 Å². The number of likely N-dealkylation sites (tertiary alicyclic amines) is 1. The number of benzene rings is 1. The third-order valence-electron chi connectivity index (χ3n) is 4.24. The molecule has 1 heterocycles. The Kier molecular flexibility index (Phi) is 5.31. The molecule has 0 spiro atoms. The highest BCUT2D eigenvalue weighted by molar-refractivity contribution is 5.78. The summed E-state index contributed by atoms with van der Waals surface area (Å²) in [7, 11) is 1.77. The van der Waals surface area contributed by atoms with Crippen molar-refractivity contribution in [2.24, 2.45) is 0 Å². The lowest BCUT2D eigenvalue weighted by Gasteiger charge is -2.32. The van der Waals surface area contributed by atoms with Crippen molar-refractivity contribution in [3.05, 3.63) is 35.6 Å². The van der Waals surface area contributed by atoms with Crippen molar-refractivity contribution < 1.29 is 14.3 Å². The smallest absolute Gasteiger partial charge is 0.236 e. The predicted octanol–water partition coefficient (Wildman–Crippen LogP) is 1.80. The summed E-state index contributed by atoms with van der Waals surface area (Å²) < 4.78 is 12.9. The van der Waals surface area contributed by atoms with Gasteiger partial charge in [-0.1, -0.05) is 12.1 Å². The summed E-state index contributed by atoms with van der Waals surface area (Å²) in [6.07, 6.45) is 1.22. The maximum atomic E-state index is 12.9. The minimum atomic E-state index is -0.271. The van der Waals surface area contributed by atoms with E-state index in [4.69, 9.17) is 0 Å². The molecule has 1 aliphatic heterocycles. The van der Waals surface area contributed by atoms with Gasteiger partial charge in [-0.25, -0.2) is 4.39 Å². The molecular weight excluding hydrogens is 271 g/mol. The van der Waals surface area contributed by atoms with Crippen LogP contribution in [0.25, 0.3) is 0 Å². The highest BCUT2D eigenvalue weighted by Crippen LogP contribution is 2.19. The Bertz CT molecular complexity index is 470. The van der Waals surface area contributed by atoms with Crippen LogP contribution in [0, 0.1) is 5.82 Å². The zero-order valence-corrected chi connectivity index (χ0v) is 12.6. The predicted molar refractivity (Wildman–Crippen MR) is 79.3 cm³/mol. The number of halogens is 1. The van der Waals surface area contributed by atoms with E-state index in [2.05, 4.69) is 4.90 Å². The first kappa shape index (κ1) is 15.9. The maximum Gasteiger partial charge on any atom is 0.236 e. The molecule has 0 radical (unpaired) electrons. The maximum absolute atomic E-state index is 12.9. The number of hydrogen-bond acceptors (Lipinski definition) is 3. The van der Waals surface area contributed by atoms with Crippen LogP contribution in [-0.2, 0) is 4.79 Å². The Morgan fingerprint density at radius 2 is 1.95 bits per heavy atom. The quantitative estimate of drug-likeness (QED) is 0.921. The van der Waals surface area contributed by atoms with Gasteiger partial charge in [0.1, 0.15) is 5.82 Å². The summed E-state index contributed by atoms with van der Waals surface area (Å²) in [5, 5.41) is 9.48. The van der Waals surface area contributed by atoms with Gasteiger partial charge in [0.15, 0.2) is 0 Å². The van der Waals surface area contributed by atoms with Crippen LogP contribution in [0.15, 0.2) is 24.3 Å². The summed E-state index contributed by atoms with van der Waals surface area (Å²) in [6, 6.07) is 6.16. The lowest BCUT2D eigenvalue weighted by molar-refractivity contribution is -0.133. The number of likely N-dealkylation sites (N-methyl/N-ethyl adjacent to an activating group) is 1. The van der Waals surface area contributed by atoms with E-state index in [1.165, 1.54) is 12.1 Å². The fourth-order valence-corrected chi connectivity index (χ4v) is 2.56. The number of amides is 1. The number of piperidine rings is 1. The molecule has 1 atom stereocenters. The molecule has 0 bridgehead atoms. The van der Waals surface area contributed by atoms with Crippen molar-refractivity contribution in [2.45, 2.75) is 31.9 Å². The van der Waals surface area contributed by atoms with Gasteiger partial charge in [-0.3, -0.25) is 9.69 Å². The number of aliphatic hydroxyl groups excluding tert-OH is 1. The minimum Gasteiger partial charge on any atom is -0.393 e. The van der Waals surface area contributed by atoms with E-state index >= 15 is 0 Å². The summed E-state index contributed by atoms with van der Waals surface area (Å²) in [5.41, 5.74) is 0.918. The molecule has 1 aromatic rings. The van der Waals surface area contributed by atoms with Crippen LogP contribution < -0.4 is 0 Å². The number of nitrogens with zero attached hydrogens (tertiary/aromatic N) is 2. The van der Waals surface area contributed by atoms with Gasteiger partial charge in [-0.15, -0.1) is 0 Å². The van der Waals surface area contributed by atoms with Crippen molar-refractivity contribution >= 4 is 5.91 Å². The molecule has 4 nitrogen and oxygen atoms in total. The third-order valence-corrected chi connectivity index (χ3v) is 4.24. The first-order valence-electron chi connectivity index (χ1n) is 7.39. The van der Waals surface area contributed by atoms with Crippen LogP contribution in [0.1, 0.15) is 31.4 Å². The van der Waals surface area contributed by atoms with Crippen LogP contribution in [0.4, 0.5) is 4.39 Å². The lowest BCUT2D eigenvalue weighted by Crippen LogP contribution is -2.43. The molecule has 5 heteroatoms. The first-order chi connectivity index (χ1) is 9.97. The molecule has 1 N–H and O–H groups in total. The van der Waals surface area contributed by atoms with Crippen molar-refractivity contribution in [1.29, 1.82) is 0 Å². The van der Waals surface area contributed by atoms with E-state index in [1.807, 2.05) is 6.92 Å². The molecule has 1 fully saturated rings. The van der Waals surface area contributed by atoms with Crippen LogP contribution in [-0.4, -0.2) is 53.6 Å². The SMILES string of the molecule is CC(c1ccc(F)cc1)N(C)C(=O)CN1CCC(O)CC1. The first-order valence-corrected chi connectivity index (χ1v) is 7.39. The number of carbonyl (C=O) groups excluding carboxylic acids is 1. The highest BCUT2D eigenvalue weighted by Gasteiger charge is 2.23. The average Bonchev–Trinajstić information content (AvgIpc) is 2.49. The molecule has 2 rings (SSSR count). The van der Waals surface area contributed by atoms with Gasteiger partial charge < -0.3 is 10.0 Å². The molecule has 1 aliphatic rings. The van der Waals surface area contributed by atoms with Crippen molar-refractivity contribution in [3.8, 4) is 0 Å². The third kappa shape index (κ3) is 4.25. The molecule has 0 saturated carbocycles. The summed E-state index contributed by atoms with van der Waals surface area (Å²) in [4.78, 5) is 16.1. The molecule has 0 aromatic heterocycles. The fourth-order valence-electron chi connectivity index (χ4n) is 2.56. The lowest BCUT2D eigenvalue weighted by atomic mass is 10.1. The Balaban J connectivity index is 1.90. The van der Waals surface area contributed by atoms with E-state index in [0.29, 0.717) is 6.54 Å². The number of aliphatic hydroxyl groups is 1. The Labute approximate surface area is 125 Å². The Morgan fingerprint density at radius 1 is 1.38 bits per heavy atom. The molecule has 1 unspecified atom stereocenters. The summed E-state index contributed by atoms with van der Waals surface area (Å²) in [6.45, 7) is 3.82. The van der Waals surface area contributed by atoms with E-state index in [0.717, 1.165) is 31.5 Å². The van der Waals surface area contributed by atoms with Crippen molar-refractivity contribution in [3.63, 3.8) is 0 Å². The number of hydrogen-bond donors (Lipinski definition) is 1. The van der Waals surface area contributed by atoms with Crippen molar-refractivity contribution in [1.82, 2.24) is 9.80 Å². The Morgan fingerprint density at radius 3 is 2.52 bits per heavy atom. The van der Waals surface area contributed by atoms with Gasteiger partial charge in [-0.2, -0.15) is 0 Å². The Hall–Kier alpha value is -1.46. The van der Waals surface area contributed by atoms with E-state index in [9.17, 15) is 14.3 Å². The fraction of sp³-hybridized carbons (Fsp3) is 0.562. The minimum absolute atomic E-state index is 0.0446. The largest absolute Gasteiger partial charge is 0.393 e. The van der Waals surface area contributed by atoms with Crippen LogP contribution in [0.2, 0.25) is 0 Å². The molecule has 1 aromatic carbocycles. The van der Waals surface area contributed by atoms with Crippen LogP contribution >= 0.6 is 0 Å². The van der Waals surface area contributed by atoms with Gasteiger partial charge in [0.25, 0.3) is 0 Å².